The second-order valence-corrected chi connectivity index (χ2v) is 6.54. The summed E-state index contributed by atoms with van der Waals surface area (Å²) in [6.07, 6.45) is 0.0847. The van der Waals surface area contributed by atoms with E-state index in [1.807, 2.05) is 92.7 Å². The minimum absolute atomic E-state index is 0.0847. The van der Waals surface area contributed by atoms with Crippen LogP contribution in [0.1, 0.15) is 13.8 Å². The number of para-hydroxylation sites is 1. The van der Waals surface area contributed by atoms with Gasteiger partial charge in [-0.1, -0.05) is 24.3 Å². The van der Waals surface area contributed by atoms with Crippen molar-refractivity contribution in [3.63, 3.8) is 0 Å². The van der Waals surface area contributed by atoms with Gasteiger partial charge in [0.1, 0.15) is 17.2 Å². The SMILES string of the molecule is CC(C)Oc1cccc(NC(=O)CNc2ccc(Oc3ccccc3)cc2)c1. The lowest BCUT2D eigenvalue weighted by Crippen LogP contribution is -2.21. The van der Waals surface area contributed by atoms with Crippen LogP contribution in [0, 0.1) is 0 Å². The Balaban J connectivity index is 1.49. The van der Waals surface area contributed by atoms with E-state index in [-0.39, 0.29) is 18.6 Å². The van der Waals surface area contributed by atoms with Gasteiger partial charge < -0.3 is 20.1 Å². The molecule has 0 saturated carbocycles. The molecule has 3 aromatic rings. The standard InChI is InChI=1S/C23H24N2O3/c1-17(2)27-22-10-6-7-19(15-22)25-23(26)16-24-18-11-13-21(14-12-18)28-20-8-4-3-5-9-20/h3-15,17,24H,16H2,1-2H3,(H,25,26). The molecule has 0 fully saturated rings. The largest absolute Gasteiger partial charge is 0.491 e. The topological polar surface area (TPSA) is 59.6 Å². The van der Waals surface area contributed by atoms with Gasteiger partial charge in [0, 0.05) is 17.4 Å². The maximum absolute atomic E-state index is 12.2. The summed E-state index contributed by atoms with van der Waals surface area (Å²) in [5.41, 5.74) is 1.55. The monoisotopic (exact) mass is 376 g/mol. The second kappa shape index (κ2) is 9.46. The molecule has 0 spiro atoms. The van der Waals surface area contributed by atoms with Gasteiger partial charge in [0.05, 0.1) is 12.6 Å². The van der Waals surface area contributed by atoms with Crippen LogP contribution >= 0.6 is 0 Å². The van der Waals surface area contributed by atoms with Gasteiger partial charge in [0.2, 0.25) is 5.91 Å². The zero-order valence-electron chi connectivity index (χ0n) is 16.0. The quantitative estimate of drug-likeness (QED) is 0.559. The Kier molecular flexibility index (Phi) is 6.52. The Morgan fingerprint density at radius 2 is 1.50 bits per heavy atom. The molecule has 1 amide bonds. The Bertz CT molecular complexity index is 893. The summed E-state index contributed by atoms with van der Waals surface area (Å²) in [6, 6.07) is 24.4. The molecule has 28 heavy (non-hydrogen) atoms. The molecule has 0 bridgehead atoms. The van der Waals surface area contributed by atoms with Crippen molar-refractivity contribution in [2.45, 2.75) is 20.0 Å². The molecule has 0 aliphatic carbocycles. The number of benzene rings is 3. The van der Waals surface area contributed by atoms with Crippen LogP contribution in [0.5, 0.6) is 17.2 Å². The molecule has 5 nitrogen and oxygen atoms in total. The fourth-order valence-corrected chi connectivity index (χ4v) is 2.57. The molecule has 5 heteroatoms. The van der Waals surface area contributed by atoms with Crippen LogP contribution in [0.4, 0.5) is 11.4 Å². The Hall–Kier alpha value is -3.47. The minimum atomic E-state index is -0.133. The molecule has 0 aliphatic heterocycles. The fraction of sp³-hybridized carbons (Fsp3) is 0.174. The van der Waals surface area contributed by atoms with E-state index >= 15 is 0 Å². The molecular formula is C23H24N2O3. The van der Waals surface area contributed by atoms with Gasteiger partial charge in [-0.2, -0.15) is 0 Å². The Morgan fingerprint density at radius 3 is 2.21 bits per heavy atom. The lowest BCUT2D eigenvalue weighted by Gasteiger charge is -2.12. The first-order valence-electron chi connectivity index (χ1n) is 9.22. The number of carbonyl (C=O) groups excluding carboxylic acids is 1. The first-order valence-corrected chi connectivity index (χ1v) is 9.22. The van der Waals surface area contributed by atoms with E-state index in [1.165, 1.54) is 0 Å². The molecule has 0 atom stereocenters. The summed E-state index contributed by atoms with van der Waals surface area (Å²) in [6.45, 7) is 4.09. The van der Waals surface area contributed by atoms with Gasteiger partial charge >= 0.3 is 0 Å². The summed E-state index contributed by atoms with van der Waals surface area (Å²) < 4.78 is 11.4. The van der Waals surface area contributed by atoms with E-state index in [2.05, 4.69) is 10.6 Å². The molecular weight excluding hydrogens is 352 g/mol. The number of ether oxygens (including phenoxy) is 2. The van der Waals surface area contributed by atoms with Crippen molar-refractivity contribution in [3.8, 4) is 17.2 Å². The van der Waals surface area contributed by atoms with Gasteiger partial charge in [-0.05, 0) is 62.4 Å². The van der Waals surface area contributed by atoms with Crippen LogP contribution in [0.15, 0.2) is 78.9 Å². The average Bonchev–Trinajstić information content (AvgIpc) is 2.68. The normalized spacial score (nSPS) is 10.4. The smallest absolute Gasteiger partial charge is 0.243 e. The molecule has 0 heterocycles. The van der Waals surface area contributed by atoms with E-state index in [4.69, 9.17) is 9.47 Å². The lowest BCUT2D eigenvalue weighted by molar-refractivity contribution is -0.114. The van der Waals surface area contributed by atoms with Crippen molar-refractivity contribution < 1.29 is 14.3 Å². The number of carbonyl (C=O) groups is 1. The number of rotatable bonds is 8. The Morgan fingerprint density at radius 1 is 0.821 bits per heavy atom. The number of hydrogen-bond donors (Lipinski definition) is 2. The number of anilines is 2. The highest BCUT2D eigenvalue weighted by Crippen LogP contribution is 2.22. The molecule has 3 aromatic carbocycles. The molecule has 3 rings (SSSR count). The third-order valence-corrected chi connectivity index (χ3v) is 3.78. The van der Waals surface area contributed by atoms with E-state index < -0.39 is 0 Å². The summed E-state index contributed by atoms with van der Waals surface area (Å²) >= 11 is 0. The zero-order chi connectivity index (χ0) is 19.8. The van der Waals surface area contributed by atoms with Gasteiger partial charge in [-0.15, -0.1) is 0 Å². The van der Waals surface area contributed by atoms with Crippen molar-refractivity contribution in [2.24, 2.45) is 0 Å². The number of amides is 1. The minimum Gasteiger partial charge on any atom is -0.491 e. The maximum Gasteiger partial charge on any atom is 0.243 e. The summed E-state index contributed by atoms with van der Waals surface area (Å²) in [5.74, 6) is 2.12. The lowest BCUT2D eigenvalue weighted by atomic mass is 10.3. The fourth-order valence-electron chi connectivity index (χ4n) is 2.57. The zero-order valence-corrected chi connectivity index (χ0v) is 16.0. The van der Waals surface area contributed by atoms with Crippen LogP contribution < -0.4 is 20.1 Å². The first kappa shape index (κ1) is 19.3. The van der Waals surface area contributed by atoms with Crippen LogP contribution in [0.25, 0.3) is 0 Å². The predicted molar refractivity (Wildman–Crippen MR) is 112 cm³/mol. The van der Waals surface area contributed by atoms with Crippen LogP contribution in [-0.4, -0.2) is 18.6 Å². The van der Waals surface area contributed by atoms with Gasteiger partial charge in [0.15, 0.2) is 0 Å². The van der Waals surface area contributed by atoms with Crippen LogP contribution in [-0.2, 0) is 4.79 Å². The highest BCUT2D eigenvalue weighted by molar-refractivity contribution is 5.93. The van der Waals surface area contributed by atoms with E-state index in [9.17, 15) is 4.79 Å². The van der Waals surface area contributed by atoms with Crippen molar-refractivity contribution in [1.29, 1.82) is 0 Å². The van der Waals surface area contributed by atoms with Gasteiger partial charge in [-0.3, -0.25) is 4.79 Å². The molecule has 0 unspecified atom stereocenters. The molecule has 0 aliphatic rings. The molecule has 0 saturated heterocycles. The highest BCUT2D eigenvalue weighted by Gasteiger charge is 2.05. The van der Waals surface area contributed by atoms with Crippen LogP contribution in [0.3, 0.4) is 0 Å². The first-order chi connectivity index (χ1) is 13.6. The summed E-state index contributed by atoms with van der Waals surface area (Å²) in [4.78, 5) is 12.2. The number of nitrogens with one attached hydrogen (secondary N) is 2. The maximum atomic E-state index is 12.2. The van der Waals surface area contributed by atoms with Crippen molar-refractivity contribution in [2.75, 3.05) is 17.2 Å². The molecule has 144 valence electrons. The predicted octanol–water partition coefficient (Wildman–Crippen LogP) is 5.32. The summed E-state index contributed by atoms with van der Waals surface area (Å²) in [5, 5.41) is 5.97. The second-order valence-electron chi connectivity index (χ2n) is 6.54. The van der Waals surface area contributed by atoms with Crippen molar-refractivity contribution in [3.05, 3.63) is 78.9 Å². The third-order valence-electron chi connectivity index (χ3n) is 3.78. The molecule has 0 radical (unpaired) electrons. The van der Waals surface area contributed by atoms with Gasteiger partial charge in [-0.25, -0.2) is 0 Å². The highest BCUT2D eigenvalue weighted by atomic mass is 16.5. The summed E-state index contributed by atoms with van der Waals surface area (Å²) in [7, 11) is 0. The Labute approximate surface area is 165 Å². The molecule has 0 aromatic heterocycles. The third kappa shape index (κ3) is 6.06. The molecule has 2 N–H and O–H groups in total. The van der Waals surface area contributed by atoms with Crippen LogP contribution in [0.2, 0.25) is 0 Å². The average molecular weight is 376 g/mol. The van der Waals surface area contributed by atoms with Gasteiger partial charge in [0.25, 0.3) is 0 Å². The van der Waals surface area contributed by atoms with E-state index in [1.54, 1.807) is 0 Å². The number of hydrogen-bond acceptors (Lipinski definition) is 4. The van der Waals surface area contributed by atoms with Crippen molar-refractivity contribution >= 4 is 17.3 Å². The van der Waals surface area contributed by atoms with Crippen molar-refractivity contribution in [1.82, 2.24) is 0 Å². The van der Waals surface area contributed by atoms with E-state index in [0.717, 1.165) is 22.9 Å². The van der Waals surface area contributed by atoms with E-state index in [0.29, 0.717) is 5.69 Å².